The average molecular weight is 673 g/mol. The first-order valence-electron chi connectivity index (χ1n) is 21.9. The summed E-state index contributed by atoms with van der Waals surface area (Å²) in [5.74, 6) is 0. The summed E-state index contributed by atoms with van der Waals surface area (Å²) in [6, 6.07) is 8.89. The number of hydrogen-bond acceptors (Lipinski definition) is 0. The molecule has 48 heavy (non-hydrogen) atoms. The van der Waals surface area contributed by atoms with Gasteiger partial charge in [-0.25, -0.2) is 0 Å². The van der Waals surface area contributed by atoms with Crippen LogP contribution in [0, 0.1) is 0 Å². The van der Waals surface area contributed by atoms with Crippen LogP contribution in [0.15, 0.2) is 24.3 Å². The van der Waals surface area contributed by atoms with Crippen LogP contribution in [0.2, 0.25) is 0 Å². The van der Waals surface area contributed by atoms with E-state index in [4.69, 9.17) is 0 Å². The number of quaternary nitrogens is 2. The molecule has 0 aromatic heterocycles. The van der Waals surface area contributed by atoms with E-state index in [0.29, 0.717) is 0 Å². The van der Waals surface area contributed by atoms with Gasteiger partial charge in [-0.3, -0.25) is 0 Å². The first-order chi connectivity index (χ1) is 23.1. The van der Waals surface area contributed by atoms with Crippen molar-refractivity contribution >= 4 is 0 Å². The Labute approximate surface area is 304 Å². The summed E-state index contributed by atoms with van der Waals surface area (Å²) in [5.41, 5.74) is 7.28. The van der Waals surface area contributed by atoms with E-state index < -0.39 is 0 Å². The van der Waals surface area contributed by atoms with Gasteiger partial charge in [0.05, 0.1) is 27.7 Å². The molecule has 1 aromatic rings. The van der Waals surface area contributed by atoms with Crippen LogP contribution in [0.25, 0.3) is 0 Å². The molecule has 3 N–H and O–H groups in total. The molecule has 0 saturated carbocycles. The highest BCUT2D eigenvalue weighted by Gasteiger charge is 2.21. The van der Waals surface area contributed by atoms with Gasteiger partial charge in [0.25, 0.3) is 0 Å². The van der Waals surface area contributed by atoms with Gasteiger partial charge in [0.15, 0.2) is 0 Å². The summed E-state index contributed by atoms with van der Waals surface area (Å²) in [7, 11) is 6.88. The third kappa shape index (κ3) is 33.6. The Bertz CT molecular complexity index is 771. The van der Waals surface area contributed by atoms with Crippen LogP contribution in [0.3, 0.4) is 0 Å². The van der Waals surface area contributed by atoms with Gasteiger partial charge in [0.1, 0.15) is 5.54 Å². The van der Waals surface area contributed by atoms with E-state index in [1.165, 1.54) is 217 Å². The molecule has 2 heteroatoms. The summed E-state index contributed by atoms with van der Waals surface area (Å²) in [6.45, 7) is 10.4. The van der Waals surface area contributed by atoms with Crippen molar-refractivity contribution in [3.63, 3.8) is 0 Å². The highest BCUT2D eigenvalue weighted by Crippen LogP contribution is 2.22. The molecule has 0 fully saturated rings. The van der Waals surface area contributed by atoms with Crippen molar-refractivity contribution in [3.05, 3.63) is 35.4 Å². The van der Waals surface area contributed by atoms with E-state index in [-0.39, 0.29) is 5.54 Å². The lowest BCUT2D eigenvalue weighted by atomic mass is 9.89. The molecule has 2 nitrogen and oxygen atoms in total. The van der Waals surface area contributed by atoms with Crippen LogP contribution in [-0.2, 0) is 12.0 Å². The van der Waals surface area contributed by atoms with Gasteiger partial charge < -0.3 is 10.2 Å². The predicted octanol–water partition coefficient (Wildman–Crippen LogP) is 14.1. The van der Waals surface area contributed by atoms with Crippen molar-refractivity contribution in [3.8, 4) is 0 Å². The van der Waals surface area contributed by atoms with Crippen LogP contribution >= 0.6 is 0 Å². The Balaban J connectivity index is 0.000000977. The minimum Gasteiger partial charge on any atom is -0.349 e. The second-order valence-corrected chi connectivity index (χ2v) is 17.2. The quantitative estimate of drug-likeness (QED) is 0.0568. The molecule has 0 radical (unpaired) electrons. The maximum atomic E-state index is 4.33. The topological polar surface area (TPSA) is 27.6 Å². The molecule has 0 aliphatic heterocycles. The van der Waals surface area contributed by atoms with E-state index in [2.05, 4.69) is 78.8 Å². The maximum absolute atomic E-state index is 4.33. The molecule has 0 atom stereocenters. The van der Waals surface area contributed by atoms with Crippen molar-refractivity contribution in [1.29, 1.82) is 0 Å². The van der Waals surface area contributed by atoms with Gasteiger partial charge in [-0.2, -0.15) is 0 Å². The Morgan fingerprint density at radius 1 is 0.438 bits per heavy atom. The van der Waals surface area contributed by atoms with E-state index in [0.717, 1.165) is 4.48 Å². The molecule has 0 spiro atoms. The summed E-state index contributed by atoms with van der Waals surface area (Å²) < 4.78 is 1.12. The minimum absolute atomic E-state index is 0.0195. The third-order valence-electron chi connectivity index (χ3n) is 10.2. The summed E-state index contributed by atoms with van der Waals surface area (Å²) in [6.07, 6.45) is 44.5. The first-order valence-corrected chi connectivity index (χ1v) is 21.9. The lowest BCUT2D eigenvalue weighted by molar-refractivity contribution is -0.870. The third-order valence-corrected chi connectivity index (χ3v) is 10.2. The Morgan fingerprint density at radius 2 is 0.729 bits per heavy atom. The van der Waals surface area contributed by atoms with Crippen LogP contribution in [-0.4, -0.2) is 32.2 Å². The molecular formula is C46H92N2+2. The standard InChI is InChI=1S/C27H49N.C19H42N/c1-4-5-6-7-8-9-10-11-12-13-14-15-16-17-18-19-22-25-23-20-21-24-26(25)27(2,3)28;1-5-6-7-8-9-10-11-12-13-14-15-16-17-18-19-20(2,3)4/h20-21,23-24H,4-19,22,28H2,1-3H3;5-19H2,1-4H3/q;+1/p+1. The molecule has 284 valence electrons. The van der Waals surface area contributed by atoms with Crippen molar-refractivity contribution in [2.75, 3.05) is 27.7 Å². The van der Waals surface area contributed by atoms with E-state index in [1.807, 2.05) is 0 Å². The van der Waals surface area contributed by atoms with Crippen LogP contribution < -0.4 is 5.73 Å². The molecule has 0 aliphatic rings. The lowest BCUT2D eigenvalue weighted by Gasteiger charge is -2.23. The normalized spacial score (nSPS) is 11.9. The van der Waals surface area contributed by atoms with Crippen LogP contribution in [0.1, 0.15) is 231 Å². The summed E-state index contributed by atoms with van der Waals surface area (Å²) >= 11 is 0. The fourth-order valence-corrected chi connectivity index (χ4v) is 7.04. The molecule has 1 rings (SSSR count). The summed E-state index contributed by atoms with van der Waals surface area (Å²) in [5, 5.41) is 0. The number of unbranched alkanes of at least 4 members (excludes halogenated alkanes) is 28. The molecular weight excluding hydrogens is 581 g/mol. The smallest absolute Gasteiger partial charge is 0.115 e. The minimum atomic E-state index is 0.0195. The maximum Gasteiger partial charge on any atom is 0.115 e. The molecule has 1 aromatic carbocycles. The second-order valence-electron chi connectivity index (χ2n) is 17.2. The number of nitrogens with zero attached hydrogens (tertiary/aromatic N) is 1. The highest BCUT2D eigenvalue weighted by atomic mass is 15.3. The average Bonchev–Trinajstić information content (AvgIpc) is 3.04. The van der Waals surface area contributed by atoms with Crippen LogP contribution in [0.5, 0.6) is 0 Å². The largest absolute Gasteiger partial charge is 0.349 e. The first kappa shape index (κ1) is 47.1. The molecule has 0 unspecified atom stereocenters. The van der Waals surface area contributed by atoms with Crippen molar-refractivity contribution in [1.82, 2.24) is 0 Å². The second kappa shape index (κ2) is 33.3. The van der Waals surface area contributed by atoms with Crippen LogP contribution in [0.4, 0.5) is 0 Å². The molecule has 0 aliphatic carbocycles. The predicted molar refractivity (Wildman–Crippen MR) is 219 cm³/mol. The SMILES string of the molecule is CCCCCCCCCCCCCCCCCCc1ccccc1C(C)(C)[NH3+].CCCCCCCCCCCCCCCC[N+](C)(C)C. The van der Waals surface area contributed by atoms with Gasteiger partial charge in [0.2, 0.25) is 0 Å². The zero-order chi connectivity index (χ0) is 35.6. The van der Waals surface area contributed by atoms with Gasteiger partial charge in [-0.15, -0.1) is 0 Å². The Kier molecular flexibility index (Phi) is 32.7. The molecule has 0 saturated heterocycles. The zero-order valence-corrected chi connectivity index (χ0v) is 34.6. The van der Waals surface area contributed by atoms with Gasteiger partial charge in [-0.1, -0.05) is 211 Å². The Morgan fingerprint density at radius 3 is 1.04 bits per heavy atom. The zero-order valence-electron chi connectivity index (χ0n) is 34.6. The van der Waals surface area contributed by atoms with Gasteiger partial charge in [0, 0.05) is 5.56 Å². The van der Waals surface area contributed by atoms with Crippen molar-refractivity contribution in [2.24, 2.45) is 0 Å². The number of hydrogen-bond donors (Lipinski definition) is 1. The Hall–Kier alpha value is -0.860. The fourth-order valence-electron chi connectivity index (χ4n) is 7.04. The molecule has 0 bridgehead atoms. The van der Waals surface area contributed by atoms with Gasteiger partial charge in [-0.05, 0) is 45.1 Å². The van der Waals surface area contributed by atoms with E-state index >= 15 is 0 Å². The summed E-state index contributed by atoms with van der Waals surface area (Å²) in [4.78, 5) is 0. The van der Waals surface area contributed by atoms with E-state index in [1.54, 1.807) is 0 Å². The monoisotopic (exact) mass is 673 g/mol. The van der Waals surface area contributed by atoms with Crippen molar-refractivity contribution in [2.45, 2.75) is 232 Å². The molecule has 0 heterocycles. The molecule has 0 amide bonds. The van der Waals surface area contributed by atoms with Crippen molar-refractivity contribution < 1.29 is 10.2 Å². The number of rotatable bonds is 33. The lowest BCUT2D eigenvalue weighted by Crippen LogP contribution is -2.66. The fraction of sp³-hybridized carbons (Fsp3) is 0.870. The highest BCUT2D eigenvalue weighted by molar-refractivity contribution is 5.31. The van der Waals surface area contributed by atoms with E-state index in [9.17, 15) is 0 Å². The number of aryl methyl sites for hydroxylation is 1. The number of benzene rings is 1. The van der Waals surface area contributed by atoms with Gasteiger partial charge >= 0.3 is 0 Å².